The van der Waals surface area contributed by atoms with E-state index in [9.17, 15) is 9.59 Å². The Bertz CT molecular complexity index is 329. The van der Waals surface area contributed by atoms with Crippen molar-refractivity contribution in [1.29, 1.82) is 0 Å². The number of likely N-dealkylation sites (tertiary alicyclic amines) is 1. The Kier molecular flexibility index (Phi) is 5.83. The highest BCUT2D eigenvalue weighted by Gasteiger charge is 2.27. The maximum Gasteiger partial charge on any atom is 0.306 e. The van der Waals surface area contributed by atoms with Crippen molar-refractivity contribution >= 4 is 11.9 Å². The highest BCUT2D eigenvalue weighted by atomic mass is 16.5. The molecule has 0 unspecified atom stereocenters. The zero-order valence-corrected chi connectivity index (χ0v) is 12.1. The van der Waals surface area contributed by atoms with Crippen LogP contribution >= 0.6 is 0 Å². The van der Waals surface area contributed by atoms with E-state index in [-0.39, 0.29) is 24.5 Å². The van der Waals surface area contributed by atoms with Crippen LogP contribution < -0.4 is 0 Å². The predicted molar refractivity (Wildman–Crippen MR) is 74.4 cm³/mol. The molecule has 0 spiro atoms. The predicted octanol–water partition coefficient (Wildman–Crippen LogP) is 2.05. The molecule has 0 aromatic rings. The quantitative estimate of drug-likeness (QED) is 0.802. The number of ether oxygens (including phenoxy) is 1. The van der Waals surface area contributed by atoms with Crippen molar-refractivity contribution in [1.82, 2.24) is 4.90 Å². The van der Waals surface area contributed by atoms with Crippen molar-refractivity contribution in [2.45, 2.75) is 57.5 Å². The molecule has 1 amide bonds. The van der Waals surface area contributed by atoms with Gasteiger partial charge in [-0.3, -0.25) is 9.59 Å². The Labute approximate surface area is 120 Å². The van der Waals surface area contributed by atoms with E-state index in [2.05, 4.69) is 0 Å². The van der Waals surface area contributed by atoms with Crippen LogP contribution in [-0.4, -0.2) is 47.7 Å². The second kappa shape index (κ2) is 7.62. The Morgan fingerprint density at radius 3 is 2.15 bits per heavy atom. The number of carbonyl (C=O) groups excluding carboxylic acids is 1. The van der Waals surface area contributed by atoms with E-state index in [1.165, 1.54) is 25.7 Å². The summed E-state index contributed by atoms with van der Waals surface area (Å²) < 4.78 is 5.74. The van der Waals surface area contributed by atoms with Gasteiger partial charge in [0, 0.05) is 13.1 Å². The minimum Gasteiger partial charge on any atom is -0.481 e. The number of rotatable bonds is 4. The molecule has 0 atom stereocenters. The molecule has 1 heterocycles. The summed E-state index contributed by atoms with van der Waals surface area (Å²) in [5.74, 6) is -1.02. The molecule has 2 aliphatic rings. The number of carboxylic acids is 1. The first-order valence-electron chi connectivity index (χ1n) is 7.79. The molecule has 1 aliphatic carbocycles. The van der Waals surface area contributed by atoms with Gasteiger partial charge in [-0.2, -0.15) is 0 Å². The van der Waals surface area contributed by atoms with Crippen LogP contribution in [0.1, 0.15) is 51.4 Å². The maximum atomic E-state index is 12.1. The Morgan fingerprint density at radius 2 is 1.60 bits per heavy atom. The minimum absolute atomic E-state index is 0.0121. The topological polar surface area (TPSA) is 66.8 Å². The van der Waals surface area contributed by atoms with E-state index in [1.807, 2.05) is 0 Å². The third-order valence-corrected chi connectivity index (χ3v) is 4.44. The van der Waals surface area contributed by atoms with Crippen LogP contribution in [0.25, 0.3) is 0 Å². The van der Waals surface area contributed by atoms with Gasteiger partial charge in [-0.05, 0) is 25.7 Å². The smallest absolute Gasteiger partial charge is 0.306 e. The van der Waals surface area contributed by atoms with Gasteiger partial charge in [0.2, 0.25) is 5.91 Å². The molecule has 5 nitrogen and oxygen atoms in total. The third-order valence-electron chi connectivity index (χ3n) is 4.44. The number of piperidine rings is 1. The Hall–Kier alpha value is -1.10. The second-order valence-corrected chi connectivity index (χ2v) is 5.92. The molecular formula is C15H25NO4. The summed E-state index contributed by atoms with van der Waals surface area (Å²) in [7, 11) is 0. The van der Waals surface area contributed by atoms with E-state index in [0.29, 0.717) is 25.9 Å². The van der Waals surface area contributed by atoms with Gasteiger partial charge in [0.1, 0.15) is 6.61 Å². The molecule has 0 bridgehead atoms. The van der Waals surface area contributed by atoms with E-state index < -0.39 is 5.97 Å². The zero-order chi connectivity index (χ0) is 14.4. The first kappa shape index (κ1) is 15.3. The molecule has 0 radical (unpaired) electrons. The molecule has 1 saturated heterocycles. The van der Waals surface area contributed by atoms with Gasteiger partial charge in [0.15, 0.2) is 0 Å². The average Bonchev–Trinajstić information content (AvgIpc) is 2.73. The number of amides is 1. The first-order chi connectivity index (χ1) is 9.66. The molecule has 1 saturated carbocycles. The number of nitrogens with zero attached hydrogens (tertiary/aromatic N) is 1. The van der Waals surface area contributed by atoms with Crippen molar-refractivity contribution in [2.75, 3.05) is 19.7 Å². The SMILES string of the molecule is O=C(O)C1CCN(C(=O)COC2CCCCCC2)CC1. The van der Waals surface area contributed by atoms with Crippen molar-refractivity contribution in [3.63, 3.8) is 0 Å². The zero-order valence-electron chi connectivity index (χ0n) is 12.1. The number of carbonyl (C=O) groups is 2. The molecule has 1 aliphatic heterocycles. The summed E-state index contributed by atoms with van der Waals surface area (Å²) in [6.45, 7) is 1.25. The standard InChI is InChI=1S/C15H25NO4/c17-14(11-20-13-5-3-1-2-4-6-13)16-9-7-12(8-10-16)15(18)19/h12-13H,1-11H2,(H,18,19). The Balaban J connectivity index is 1.68. The summed E-state index contributed by atoms with van der Waals surface area (Å²) in [6, 6.07) is 0. The molecule has 5 heteroatoms. The molecule has 2 fully saturated rings. The summed E-state index contributed by atoms with van der Waals surface area (Å²) >= 11 is 0. The molecule has 114 valence electrons. The summed E-state index contributed by atoms with van der Waals surface area (Å²) in [5.41, 5.74) is 0. The maximum absolute atomic E-state index is 12.1. The molecule has 0 aromatic carbocycles. The van der Waals surface area contributed by atoms with Gasteiger partial charge in [0.25, 0.3) is 0 Å². The average molecular weight is 283 g/mol. The number of carboxylic acid groups (broad SMARTS) is 1. The summed E-state index contributed by atoms with van der Waals surface area (Å²) in [5, 5.41) is 8.94. The summed E-state index contributed by atoms with van der Waals surface area (Å²) in [6.07, 6.45) is 8.43. The minimum atomic E-state index is -0.744. The van der Waals surface area contributed by atoms with Crippen molar-refractivity contribution in [3.05, 3.63) is 0 Å². The van der Waals surface area contributed by atoms with Gasteiger partial charge in [-0.15, -0.1) is 0 Å². The van der Waals surface area contributed by atoms with Gasteiger partial charge >= 0.3 is 5.97 Å². The number of aliphatic carboxylic acids is 1. The van der Waals surface area contributed by atoms with Gasteiger partial charge in [0.05, 0.1) is 12.0 Å². The van der Waals surface area contributed by atoms with Gasteiger partial charge < -0.3 is 14.7 Å². The molecule has 2 rings (SSSR count). The Morgan fingerprint density at radius 1 is 1.00 bits per heavy atom. The van der Waals surface area contributed by atoms with E-state index in [1.54, 1.807) is 4.90 Å². The lowest BCUT2D eigenvalue weighted by molar-refractivity contribution is -0.147. The monoisotopic (exact) mass is 283 g/mol. The van der Waals surface area contributed by atoms with Crippen LogP contribution in [0.3, 0.4) is 0 Å². The fraction of sp³-hybridized carbons (Fsp3) is 0.867. The van der Waals surface area contributed by atoms with Crippen molar-refractivity contribution < 1.29 is 19.4 Å². The van der Waals surface area contributed by atoms with Crippen LogP contribution in [0, 0.1) is 5.92 Å². The van der Waals surface area contributed by atoms with Crippen LogP contribution in [0.4, 0.5) is 0 Å². The largest absolute Gasteiger partial charge is 0.481 e. The number of hydrogen-bond donors (Lipinski definition) is 1. The lowest BCUT2D eigenvalue weighted by atomic mass is 9.97. The fourth-order valence-corrected chi connectivity index (χ4v) is 3.06. The van der Waals surface area contributed by atoms with E-state index >= 15 is 0 Å². The lowest BCUT2D eigenvalue weighted by Gasteiger charge is -2.30. The van der Waals surface area contributed by atoms with Crippen molar-refractivity contribution in [3.8, 4) is 0 Å². The van der Waals surface area contributed by atoms with Crippen molar-refractivity contribution in [2.24, 2.45) is 5.92 Å². The summed E-state index contributed by atoms with van der Waals surface area (Å²) in [4.78, 5) is 24.7. The second-order valence-electron chi connectivity index (χ2n) is 5.92. The van der Waals surface area contributed by atoms with Gasteiger partial charge in [-0.25, -0.2) is 0 Å². The van der Waals surface area contributed by atoms with E-state index in [4.69, 9.17) is 9.84 Å². The molecule has 1 N–H and O–H groups in total. The van der Waals surface area contributed by atoms with Crippen LogP contribution in [0.5, 0.6) is 0 Å². The lowest BCUT2D eigenvalue weighted by Crippen LogP contribution is -2.42. The van der Waals surface area contributed by atoms with Crippen LogP contribution in [-0.2, 0) is 14.3 Å². The highest BCUT2D eigenvalue weighted by Crippen LogP contribution is 2.21. The number of hydrogen-bond acceptors (Lipinski definition) is 3. The van der Waals surface area contributed by atoms with Crippen LogP contribution in [0.2, 0.25) is 0 Å². The third kappa shape index (κ3) is 4.47. The van der Waals surface area contributed by atoms with Gasteiger partial charge in [-0.1, -0.05) is 25.7 Å². The molecule has 20 heavy (non-hydrogen) atoms. The molecule has 0 aromatic heterocycles. The first-order valence-corrected chi connectivity index (χ1v) is 7.79. The fourth-order valence-electron chi connectivity index (χ4n) is 3.06. The normalized spacial score (nSPS) is 22.5. The van der Waals surface area contributed by atoms with Crippen LogP contribution in [0.15, 0.2) is 0 Å². The highest BCUT2D eigenvalue weighted by molar-refractivity contribution is 5.78. The van der Waals surface area contributed by atoms with E-state index in [0.717, 1.165) is 12.8 Å². The molecular weight excluding hydrogens is 258 g/mol.